The summed E-state index contributed by atoms with van der Waals surface area (Å²) >= 11 is 0. The van der Waals surface area contributed by atoms with Crippen LogP contribution in [-0.2, 0) is 0 Å². The van der Waals surface area contributed by atoms with Crippen molar-refractivity contribution in [2.45, 2.75) is 32.6 Å². The molecule has 0 atom stereocenters. The van der Waals surface area contributed by atoms with Gasteiger partial charge in [0.1, 0.15) is 0 Å². The first-order valence-electron chi connectivity index (χ1n) is 9.66. The zero-order chi connectivity index (χ0) is 18.0. The number of piperidine rings is 2. The van der Waals surface area contributed by atoms with Gasteiger partial charge in [-0.2, -0.15) is 0 Å². The molecule has 2 aliphatic rings. The molecule has 0 saturated carbocycles. The Kier molecular flexibility index (Phi) is 4.66. The van der Waals surface area contributed by atoms with E-state index in [2.05, 4.69) is 20.9 Å². The third kappa shape index (κ3) is 3.46. The first kappa shape index (κ1) is 17.1. The van der Waals surface area contributed by atoms with Crippen LogP contribution in [-0.4, -0.2) is 42.0 Å². The van der Waals surface area contributed by atoms with Gasteiger partial charge in [0.25, 0.3) is 5.91 Å². The number of aromatic nitrogens is 1. The molecule has 2 aromatic rings. The Labute approximate surface area is 155 Å². The molecule has 1 aromatic heterocycles. The first-order valence-corrected chi connectivity index (χ1v) is 9.66. The lowest BCUT2D eigenvalue weighted by Gasteiger charge is -2.48. The van der Waals surface area contributed by atoms with Crippen molar-refractivity contribution in [3.63, 3.8) is 0 Å². The summed E-state index contributed by atoms with van der Waals surface area (Å²) in [6.07, 6.45) is 8.44. The van der Waals surface area contributed by atoms with E-state index in [1.54, 1.807) is 0 Å². The molecule has 26 heavy (non-hydrogen) atoms. The molecular weight excluding hydrogens is 322 g/mol. The normalized spacial score (nSPS) is 19.6. The lowest BCUT2D eigenvalue weighted by atomic mass is 9.72. The molecule has 3 heterocycles. The third-order valence-electron chi connectivity index (χ3n) is 6.05. The maximum atomic E-state index is 13.0. The minimum absolute atomic E-state index is 0.197. The molecule has 4 rings (SSSR count). The summed E-state index contributed by atoms with van der Waals surface area (Å²) in [7, 11) is 0. The minimum Gasteiger partial charge on any atom is -0.370 e. The number of nitrogens with zero attached hydrogens (tertiary/aromatic N) is 3. The Morgan fingerprint density at radius 3 is 2.65 bits per heavy atom. The Balaban J connectivity index is 1.43. The maximum Gasteiger partial charge on any atom is 0.253 e. The van der Waals surface area contributed by atoms with Gasteiger partial charge in [-0.15, -0.1) is 0 Å². The Hall–Kier alpha value is -2.36. The average molecular weight is 349 g/mol. The Morgan fingerprint density at radius 2 is 1.92 bits per heavy atom. The molecule has 2 fully saturated rings. The van der Waals surface area contributed by atoms with E-state index in [0.29, 0.717) is 0 Å². The average Bonchev–Trinajstić information content (AvgIpc) is 2.69. The molecule has 2 aliphatic heterocycles. The summed E-state index contributed by atoms with van der Waals surface area (Å²) in [5.41, 5.74) is 3.48. The van der Waals surface area contributed by atoms with Gasteiger partial charge < -0.3 is 9.80 Å². The van der Waals surface area contributed by atoms with Gasteiger partial charge in [0, 0.05) is 37.9 Å². The summed E-state index contributed by atoms with van der Waals surface area (Å²) < 4.78 is 0. The summed E-state index contributed by atoms with van der Waals surface area (Å²) in [6.45, 7) is 5.94. The summed E-state index contributed by atoms with van der Waals surface area (Å²) in [5, 5.41) is 0. The smallest absolute Gasteiger partial charge is 0.253 e. The molecular formula is C22H27N3O. The minimum atomic E-state index is 0.197. The monoisotopic (exact) mass is 349 g/mol. The fraction of sp³-hybridized carbons (Fsp3) is 0.455. The highest BCUT2D eigenvalue weighted by Crippen LogP contribution is 2.41. The van der Waals surface area contributed by atoms with Gasteiger partial charge in [-0.1, -0.05) is 17.7 Å². The van der Waals surface area contributed by atoms with E-state index in [4.69, 9.17) is 0 Å². The second-order valence-electron chi connectivity index (χ2n) is 7.90. The quantitative estimate of drug-likeness (QED) is 0.825. The van der Waals surface area contributed by atoms with Crippen molar-refractivity contribution < 1.29 is 4.79 Å². The van der Waals surface area contributed by atoms with Crippen LogP contribution in [0, 0.1) is 12.3 Å². The Morgan fingerprint density at radius 1 is 1.08 bits per heavy atom. The van der Waals surface area contributed by atoms with Crippen molar-refractivity contribution in [1.29, 1.82) is 0 Å². The molecule has 1 amide bonds. The van der Waals surface area contributed by atoms with Gasteiger partial charge in [0.15, 0.2) is 0 Å². The largest absolute Gasteiger partial charge is 0.370 e. The van der Waals surface area contributed by atoms with Crippen LogP contribution < -0.4 is 4.90 Å². The Bertz CT molecular complexity index is 766. The highest BCUT2D eigenvalue weighted by molar-refractivity contribution is 5.94. The SMILES string of the molecule is Cc1cccc(C(=O)N2CCCC3(CCN(c4cccnc4)CC3)C2)c1. The first-order chi connectivity index (χ1) is 12.7. The number of hydrogen-bond donors (Lipinski definition) is 0. The number of hydrogen-bond acceptors (Lipinski definition) is 3. The fourth-order valence-corrected chi connectivity index (χ4v) is 4.53. The number of anilines is 1. The van der Waals surface area contributed by atoms with Crippen LogP contribution in [0.25, 0.3) is 0 Å². The van der Waals surface area contributed by atoms with Crippen LogP contribution in [0.1, 0.15) is 41.6 Å². The van der Waals surface area contributed by atoms with Gasteiger partial charge in [-0.25, -0.2) is 0 Å². The standard InChI is InChI=1S/C22H27N3O/c1-18-5-2-6-19(15-18)21(26)25-12-4-8-22(17-25)9-13-24(14-10-22)20-7-3-11-23-16-20/h2-3,5-7,11,15-16H,4,8-10,12-14,17H2,1H3. The molecule has 4 heteroatoms. The molecule has 0 unspecified atom stereocenters. The summed E-state index contributed by atoms with van der Waals surface area (Å²) in [6, 6.07) is 12.1. The highest BCUT2D eigenvalue weighted by Gasteiger charge is 2.39. The zero-order valence-electron chi connectivity index (χ0n) is 15.5. The zero-order valence-corrected chi connectivity index (χ0v) is 15.5. The molecule has 136 valence electrons. The lowest BCUT2D eigenvalue weighted by molar-refractivity contribution is 0.0434. The van der Waals surface area contributed by atoms with Gasteiger partial charge in [-0.05, 0) is 62.3 Å². The number of benzene rings is 1. The number of amides is 1. The number of carbonyl (C=O) groups excluding carboxylic acids is 1. The van der Waals surface area contributed by atoms with E-state index >= 15 is 0 Å². The van der Waals surface area contributed by atoms with E-state index in [9.17, 15) is 4.79 Å². The van der Waals surface area contributed by atoms with Gasteiger partial charge in [0.05, 0.1) is 11.9 Å². The van der Waals surface area contributed by atoms with E-state index in [0.717, 1.165) is 56.6 Å². The second kappa shape index (κ2) is 7.10. The molecule has 1 spiro atoms. The van der Waals surface area contributed by atoms with E-state index in [-0.39, 0.29) is 11.3 Å². The van der Waals surface area contributed by atoms with Crippen LogP contribution in [0.4, 0.5) is 5.69 Å². The molecule has 4 nitrogen and oxygen atoms in total. The van der Waals surface area contributed by atoms with E-state index in [1.807, 2.05) is 49.6 Å². The molecule has 0 radical (unpaired) electrons. The second-order valence-corrected chi connectivity index (χ2v) is 7.90. The predicted octanol–water partition coefficient (Wildman–Crippen LogP) is 3.91. The number of pyridine rings is 1. The van der Waals surface area contributed by atoms with E-state index < -0.39 is 0 Å². The van der Waals surface area contributed by atoms with Crippen molar-refractivity contribution in [1.82, 2.24) is 9.88 Å². The topological polar surface area (TPSA) is 36.4 Å². The highest BCUT2D eigenvalue weighted by atomic mass is 16.2. The summed E-state index contributed by atoms with van der Waals surface area (Å²) in [4.78, 5) is 21.7. The van der Waals surface area contributed by atoms with Crippen molar-refractivity contribution in [2.75, 3.05) is 31.1 Å². The van der Waals surface area contributed by atoms with Crippen LogP contribution in [0.3, 0.4) is 0 Å². The maximum absolute atomic E-state index is 13.0. The van der Waals surface area contributed by atoms with Crippen LogP contribution in [0.5, 0.6) is 0 Å². The van der Waals surface area contributed by atoms with Gasteiger partial charge in [0.2, 0.25) is 0 Å². The number of aryl methyl sites for hydroxylation is 1. The van der Waals surface area contributed by atoms with Gasteiger partial charge >= 0.3 is 0 Å². The lowest BCUT2D eigenvalue weighted by Crippen LogP contribution is -2.51. The van der Waals surface area contributed by atoms with Crippen LogP contribution >= 0.6 is 0 Å². The molecule has 0 N–H and O–H groups in total. The molecule has 0 bridgehead atoms. The number of carbonyl (C=O) groups is 1. The third-order valence-corrected chi connectivity index (χ3v) is 6.05. The van der Waals surface area contributed by atoms with Crippen molar-refractivity contribution in [3.05, 3.63) is 59.9 Å². The van der Waals surface area contributed by atoms with Crippen molar-refractivity contribution in [3.8, 4) is 0 Å². The molecule has 1 aromatic carbocycles. The van der Waals surface area contributed by atoms with Gasteiger partial charge in [-0.3, -0.25) is 9.78 Å². The summed E-state index contributed by atoms with van der Waals surface area (Å²) in [5.74, 6) is 0.197. The fourth-order valence-electron chi connectivity index (χ4n) is 4.53. The van der Waals surface area contributed by atoms with Crippen LogP contribution in [0.15, 0.2) is 48.8 Å². The molecule has 2 saturated heterocycles. The predicted molar refractivity (Wildman–Crippen MR) is 104 cm³/mol. The number of rotatable bonds is 2. The van der Waals surface area contributed by atoms with Crippen LogP contribution in [0.2, 0.25) is 0 Å². The van der Waals surface area contributed by atoms with E-state index in [1.165, 1.54) is 12.1 Å². The molecule has 0 aliphatic carbocycles. The van der Waals surface area contributed by atoms with Crippen molar-refractivity contribution >= 4 is 11.6 Å². The van der Waals surface area contributed by atoms with Crippen molar-refractivity contribution in [2.24, 2.45) is 5.41 Å². The number of likely N-dealkylation sites (tertiary alicyclic amines) is 1.